The van der Waals surface area contributed by atoms with Gasteiger partial charge in [-0.05, 0) is 18.6 Å². The Morgan fingerprint density at radius 3 is 2.75 bits per heavy atom. The fourth-order valence-electron chi connectivity index (χ4n) is 2.11. The summed E-state index contributed by atoms with van der Waals surface area (Å²) < 4.78 is 28.6. The van der Waals surface area contributed by atoms with Crippen molar-refractivity contribution in [2.45, 2.75) is 13.5 Å². The summed E-state index contributed by atoms with van der Waals surface area (Å²) in [5, 5.41) is 0. The summed E-state index contributed by atoms with van der Waals surface area (Å²) in [6.45, 7) is 2.24. The lowest BCUT2D eigenvalue weighted by molar-refractivity contribution is 0.590. The Balaban J connectivity index is 2.11. The molecule has 0 amide bonds. The third kappa shape index (κ3) is 2.09. The zero-order valence-electron chi connectivity index (χ0n) is 10.8. The van der Waals surface area contributed by atoms with E-state index in [4.69, 9.17) is 5.73 Å². The predicted octanol–water partition coefficient (Wildman–Crippen LogP) is 2.65. The molecule has 4 nitrogen and oxygen atoms in total. The van der Waals surface area contributed by atoms with E-state index < -0.39 is 11.6 Å². The van der Waals surface area contributed by atoms with E-state index >= 15 is 0 Å². The van der Waals surface area contributed by atoms with E-state index in [0.717, 1.165) is 17.3 Å². The Bertz CT molecular complexity index is 778. The lowest BCUT2D eigenvalue weighted by atomic mass is 10.2. The van der Waals surface area contributed by atoms with Crippen LogP contribution in [0.4, 0.5) is 14.7 Å². The maximum atomic E-state index is 13.6. The molecule has 0 radical (unpaired) electrons. The molecule has 0 saturated carbocycles. The summed E-state index contributed by atoms with van der Waals surface area (Å²) >= 11 is 0. The zero-order valence-corrected chi connectivity index (χ0v) is 10.8. The topological polar surface area (TPSA) is 56.7 Å². The Morgan fingerprint density at radius 2 is 2.05 bits per heavy atom. The Labute approximate surface area is 113 Å². The third-order valence-electron chi connectivity index (χ3n) is 3.12. The van der Waals surface area contributed by atoms with Gasteiger partial charge >= 0.3 is 0 Å². The van der Waals surface area contributed by atoms with Crippen molar-refractivity contribution < 1.29 is 8.78 Å². The van der Waals surface area contributed by atoms with Crippen LogP contribution in [0.3, 0.4) is 0 Å². The SMILES string of the molecule is Cc1ccc(Cn2c(N)nc3c(F)cc(F)cc32)cn1. The van der Waals surface area contributed by atoms with Crippen molar-refractivity contribution >= 4 is 17.0 Å². The first-order valence-corrected chi connectivity index (χ1v) is 6.07. The number of pyridine rings is 1. The number of hydrogen-bond donors (Lipinski definition) is 1. The van der Waals surface area contributed by atoms with E-state index in [1.165, 1.54) is 6.07 Å². The van der Waals surface area contributed by atoms with Crippen molar-refractivity contribution in [3.05, 3.63) is 53.4 Å². The summed E-state index contributed by atoms with van der Waals surface area (Å²) in [5.74, 6) is -1.23. The van der Waals surface area contributed by atoms with Gasteiger partial charge in [-0.3, -0.25) is 4.98 Å². The average molecular weight is 274 g/mol. The fraction of sp³-hybridized carbons (Fsp3) is 0.143. The molecular formula is C14H12F2N4. The minimum absolute atomic E-state index is 0.0731. The van der Waals surface area contributed by atoms with Gasteiger partial charge in [0.25, 0.3) is 0 Å². The second-order valence-corrected chi connectivity index (χ2v) is 4.62. The lowest BCUT2D eigenvalue weighted by Crippen LogP contribution is -2.05. The van der Waals surface area contributed by atoms with Gasteiger partial charge in [-0.15, -0.1) is 0 Å². The van der Waals surface area contributed by atoms with Crippen molar-refractivity contribution in [3.63, 3.8) is 0 Å². The fourth-order valence-corrected chi connectivity index (χ4v) is 2.11. The van der Waals surface area contributed by atoms with Crippen molar-refractivity contribution in [2.24, 2.45) is 0 Å². The molecule has 0 aliphatic carbocycles. The molecule has 20 heavy (non-hydrogen) atoms. The molecule has 0 fully saturated rings. The van der Waals surface area contributed by atoms with Gasteiger partial charge in [-0.2, -0.15) is 0 Å². The first-order valence-electron chi connectivity index (χ1n) is 6.07. The first kappa shape index (κ1) is 12.5. The summed E-state index contributed by atoms with van der Waals surface area (Å²) in [5.41, 5.74) is 7.98. The van der Waals surface area contributed by atoms with Gasteiger partial charge in [0, 0.05) is 24.0 Å². The van der Waals surface area contributed by atoms with E-state index in [0.29, 0.717) is 12.1 Å². The standard InChI is InChI=1S/C14H12F2N4/c1-8-2-3-9(6-18-8)7-20-12-5-10(15)4-11(16)13(12)19-14(20)17/h2-6H,7H2,1H3,(H2,17,19). The van der Waals surface area contributed by atoms with Gasteiger partial charge in [0.2, 0.25) is 5.95 Å². The van der Waals surface area contributed by atoms with Crippen LogP contribution in [0, 0.1) is 18.6 Å². The normalized spacial score (nSPS) is 11.2. The zero-order chi connectivity index (χ0) is 14.3. The second-order valence-electron chi connectivity index (χ2n) is 4.62. The summed E-state index contributed by atoms with van der Waals surface area (Å²) in [6, 6.07) is 5.78. The molecule has 1 aromatic carbocycles. The second kappa shape index (κ2) is 4.56. The third-order valence-corrected chi connectivity index (χ3v) is 3.12. The molecule has 6 heteroatoms. The monoisotopic (exact) mass is 274 g/mol. The molecule has 3 aromatic rings. The average Bonchev–Trinajstić information content (AvgIpc) is 2.70. The Kier molecular flexibility index (Phi) is 2.85. The van der Waals surface area contributed by atoms with Gasteiger partial charge in [0.15, 0.2) is 5.82 Å². The number of nitrogen functional groups attached to an aromatic ring is 1. The first-order chi connectivity index (χ1) is 9.54. The molecule has 0 aliphatic rings. The Morgan fingerprint density at radius 1 is 1.25 bits per heavy atom. The van der Waals surface area contributed by atoms with Crippen LogP contribution in [0.1, 0.15) is 11.3 Å². The van der Waals surface area contributed by atoms with Gasteiger partial charge in [0.1, 0.15) is 11.3 Å². The molecular weight excluding hydrogens is 262 g/mol. The number of fused-ring (bicyclic) bond motifs is 1. The minimum atomic E-state index is -0.715. The summed E-state index contributed by atoms with van der Waals surface area (Å²) in [6.07, 6.45) is 1.70. The maximum Gasteiger partial charge on any atom is 0.201 e. The van der Waals surface area contributed by atoms with Crippen molar-refractivity contribution in [1.82, 2.24) is 14.5 Å². The van der Waals surface area contributed by atoms with Crippen molar-refractivity contribution in [3.8, 4) is 0 Å². The van der Waals surface area contributed by atoms with Crippen LogP contribution in [0.25, 0.3) is 11.0 Å². The van der Waals surface area contributed by atoms with E-state index in [-0.39, 0.29) is 11.5 Å². The molecule has 102 valence electrons. The van der Waals surface area contributed by atoms with E-state index in [9.17, 15) is 8.78 Å². The molecule has 2 N–H and O–H groups in total. The number of anilines is 1. The van der Waals surface area contributed by atoms with E-state index in [2.05, 4.69) is 9.97 Å². The van der Waals surface area contributed by atoms with Crippen LogP contribution >= 0.6 is 0 Å². The molecule has 0 aliphatic heterocycles. The van der Waals surface area contributed by atoms with E-state index in [1.807, 2.05) is 19.1 Å². The highest BCUT2D eigenvalue weighted by atomic mass is 19.1. The van der Waals surface area contributed by atoms with E-state index in [1.54, 1.807) is 10.8 Å². The summed E-state index contributed by atoms with van der Waals surface area (Å²) in [4.78, 5) is 8.13. The minimum Gasteiger partial charge on any atom is -0.369 e. The number of imidazole rings is 1. The van der Waals surface area contributed by atoms with Crippen molar-refractivity contribution in [1.29, 1.82) is 0 Å². The highest BCUT2D eigenvalue weighted by Crippen LogP contribution is 2.23. The molecule has 0 unspecified atom stereocenters. The molecule has 0 bridgehead atoms. The number of halogens is 2. The number of aryl methyl sites for hydroxylation is 1. The number of benzene rings is 1. The number of hydrogen-bond acceptors (Lipinski definition) is 3. The Hall–Kier alpha value is -2.50. The number of rotatable bonds is 2. The largest absolute Gasteiger partial charge is 0.369 e. The molecule has 2 aromatic heterocycles. The van der Waals surface area contributed by atoms with Crippen LogP contribution in [0.15, 0.2) is 30.5 Å². The van der Waals surface area contributed by atoms with Gasteiger partial charge in [-0.1, -0.05) is 6.07 Å². The quantitative estimate of drug-likeness (QED) is 0.781. The van der Waals surface area contributed by atoms with Gasteiger partial charge < -0.3 is 10.3 Å². The highest BCUT2D eigenvalue weighted by Gasteiger charge is 2.14. The van der Waals surface area contributed by atoms with Crippen LogP contribution < -0.4 is 5.73 Å². The van der Waals surface area contributed by atoms with Crippen LogP contribution in [0.2, 0.25) is 0 Å². The summed E-state index contributed by atoms with van der Waals surface area (Å²) in [7, 11) is 0. The van der Waals surface area contributed by atoms with Crippen LogP contribution in [0.5, 0.6) is 0 Å². The van der Waals surface area contributed by atoms with Crippen LogP contribution in [-0.4, -0.2) is 14.5 Å². The molecule has 0 spiro atoms. The van der Waals surface area contributed by atoms with Crippen LogP contribution in [-0.2, 0) is 6.54 Å². The maximum absolute atomic E-state index is 13.6. The van der Waals surface area contributed by atoms with Gasteiger partial charge in [0.05, 0.1) is 12.1 Å². The predicted molar refractivity (Wildman–Crippen MR) is 72.1 cm³/mol. The molecule has 3 rings (SSSR count). The smallest absolute Gasteiger partial charge is 0.201 e. The molecule has 2 heterocycles. The number of aromatic nitrogens is 3. The number of nitrogens with two attached hydrogens (primary N) is 1. The lowest BCUT2D eigenvalue weighted by Gasteiger charge is -2.06. The van der Waals surface area contributed by atoms with Gasteiger partial charge in [-0.25, -0.2) is 13.8 Å². The highest BCUT2D eigenvalue weighted by molar-refractivity contribution is 5.79. The molecule has 0 saturated heterocycles. The van der Waals surface area contributed by atoms with Crippen molar-refractivity contribution in [2.75, 3.05) is 5.73 Å². The number of nitrogens with zero attached hydrogens (tertiary/aromatic N) is 3. The molecule has 0 atom stereocenters.